The van der Waals surface area contributed by atoms with E-state index in [0.717, 1.165) is 12.8 Å². The summed E-state index contributed by atoms with van der Waals surface area (Å²) in [7, 11) is 0. The van der Waals surface area contributed by atoms with Crippen molar-refractivity contribution < 1.29 is 14.7 Å². The molecule has 0 heterocycles. The number of hydrogen-bond acceptors (Lipinski definition) is 2. The van der Waals surface area contributed by atoms with Crippen molar-refractivity contribution in [1.29, 1.82) is 0 Å². The summed E-state index contributed by atoms with van der Waals surface area (Å²) in [5, 5.41) is 12.1. The summed E-state index contributed by atoms with van der Waals surface area (Å²) in [6, 6.07) is 5.57. The second kappa shape index (κ2) is 4.75. The lowest BCUT2D eigenvalue weighted by molar-refractivity contribution is -0.139. The van der Waals surface area contributed by atoms with Crippen molar-refractivity contribution in [2.45, 2.75) is 18.9 Å². The minimum absolute atomic E-state index is 0.0729. The number of amides is 1. The van der Waals surface area contributed by atoms with Crippen molar-refractivity contribution in [3.8, 4) is 0 Å². The molecule has 0 aromatic heterocycles. The number of rotatable bonds is 4. The van der Waals surface area contributed by atoms with Crippen molar-refractivity contribution in [2.24, 2.45) is 5.92 Å². The third-order valence-corrected chi connectivity index (χ3v) is 3.00. The molecule has 0 saturated heterocycles. The van der Waals surface area contributed by atoms with Gasteiger partial charge in [0.1, 0.15) is 6.04 Å². The van der Waals surface area contributed by atoms with Gasteiger partial charge in [-0.15, -0.1) is 0 Å². The van der Waals surface area contributed by atoms with E-state index in [1.165, 1.54) is 0 Å². The summed E-state index contributed by atoms with van der Waals surface area (Å²) in [4.78, 5) is 22.8. The SMILES string of the molecule is O=C(NC(C(=O)O)C1CC1)c1ccc(Cl)cc1. The van der Waals surface area contributed by atoms with E-state index in [0.29, 0.717) is 10.6 Å². The van der Waals surface area contributed by atoms with E-state index in [1.54, 1.807) is 24.3 Å². The van der Waals surface area contributed by atoms with Gasteiger partial charge in [-0.1, -0.05) is 11.6 Å². The standard InChI is InChI=1S/C12H12ClNO3/c13-9-5-3-8(4-6-9)11(15)14-10(12(16)17)7-1-2-7/h3-7,10H,1-2H2,(H,14,15)(H,16,17). The molecule has 1 aliphatic rings. The molecule has 5 heteroatoms. The molecule has 1 unspecified atom stereocenters. The molecular formula is C12H12ClNO3. The van der Waals surface area contributed by atoms with Gasteiger partial charge in [-0.05, 0) is 43.0 Å². The maximum atomic E-state index is 11.8. The first-order valence-electron chi connectivity index (χ1n) is 5.37. The average molecular weight is 254 g/mol. The molecular weight excluding hydrogens is 242 g/mol. The molecule has 4 nitrogen and oxygen atoms in total. The number of aliphatic carboxylic acids is 1. The van der Waals surface area contributed by atoms with E-state index in [-0.39, 0.29) is 11.8 Å². The van der Waals surface area contributed by atoms with Gasteiger partial charge in [0.2, 0.25) is 0 Å². The first kappa shape index (κ1) is 11.9. The molecule has 1 aromatic rings. The number of benzene rings is 1. The molecule has 2 N–H and O–H groups in total. The van der Waals surface area contributed by atoms with Crippen molar-refractivity contribution in [3.05, 3.63) is 34.9 Å². The van der Waals surface area contributed by atoms with Crippen LogP contribution >= 0.6 is 11.6 Å². The molecule has 0 radical (unpaired) electrons. The topological polar surface area (TPSA) is 66.4 Å². The number of carbonyl (C=O) groups is 2. The van der Waals surface area contributed by atoms with Gasteiger partial charge in [-0.2, -0.15) is 0 Å². The lowest BCUT2D eigenvalue weighted by Gasteiger charge is -2.13. The van der Waals surface area contributed by atoms with Crippen LogP contribution in [-0.4, -0.2) is 23.0 Å². The van der Waals surface area contributed by atoms with Gasteiger partial charge in [0.25, 0.3) is 5.91 Å². The Morgan fingerprint density at radius 2 is 1.88 bits per heavy atom. The van der Waals surface area contributed by atoms with E-state index >= 15 is 0 Å². The van der Waals surface area contributed by atoms with Crippen LogP contribution in [0.15, 0.2) is 24.3 Å². The highest BCUT2D eigenvalue weighted by Gasteiger charge is 2.37. The van der Waals surface area contributed by atoms with Crippen LogP contribution in [0.25, 0.3) is 0 Å². The van der Waals surface area contributed by atoms with Crippen molar-refractivity contribution in [1.82, 2.24) is 5.32 Å². The molecule has 0 bridgehead atoms. The fraction of sp³-hybridized carbons (Fsp3) is 0.333. The van der Waals surface area contributed by atoms with Gasteiger partial charge in [-0.3, -0.25) is 4.79 Å². The summed E-state index contributed by atoms with van der Waals surface area (Å²) in [6.07, 6.45) is 1.72. The van der Waals surface area contributed by atoms with Crippen LogP contribution in [0.4, 0.5) is 0 Å². The van der Waals surface area contributed by atoms with Gasteiger partial charge >= 0.3 is 5.97 Å². The third kappa shape index (κ3) is 2.97. The molecule has 17 heavy (non-hydrogen) atoms. The van der Waals surface area contributed by atoms with Crippen molar-refractivity contribution >= 4 is 23.5 Å². The van der Waals surface area contributed by atoms with Crippen LogP contribution < -0.4 is 5.32 Å². The maximum absolute atomic E-state index is 11.8. The Balaban J connectivity index is 2.04. The fourth-order valence-electron chi connectivity index (χ4n) is 1.64. The Labute approximate surface area is 104 Å². The summed E-state index contributed by atoms with van der Waals surface area (Å²) in [5.41, 5.74) is 0.418. The number of carboxylic acid groups (broad SMARTS) is 1. The Kier molecular flexibility index (Phi) is 3.33. The number of hydrogen-bond donors (Lipinski definition) is 2. The summed E-state index contributed by atoms with van der Waals surface area (Å²) < 4.78 is 0. The van der Waals surface area contributed by atoms with E-state index in [2.05, 4.69) is 5.32 Å². The molecule has 1 fully saturated rings. The van der Waals surface area contributed by atoms with Crippen LogP contribution in [0, 0.1) is 5.92 Å². The highest BCUT2D eigenvalue weighted by molar-refractivity contribution is 6.30. The summed E-state index contributed by atoms with van der Waals surface area (Å²) in [6.45, 7) is 0. The second-order valence-corrected chi connectivity index (χ2v) is 4.57. The van der Waals surface area contributed by atoms with Gasteiger partial charge in [0.15, 0.2) is 0 Å². The Morgan fingerprint density at radius 1 is 1.29 bits per heavy atom. The molecule has 2 rings (SSSR count). The Bertz CT molecular complexity index is 440. The predicted octanol–water partition coefficient (Wildman–Crippen LogP) is 1.93. The van der Waals surface area contributed by atoms with Crippen LogP contribution in [0.3, 0.4) is 0 Å². The first-order valence-corrected chi connectivity index (χ1v) is 5.75. The van der Waals surface area contributed by atoms with Gasteiger partial charge < -0.3 is 10.4 Å². The lowest BCUT2D eigenvalue weighted by atomic mass is 10.1. The molecule has 0 spiro atoms. The smallest absolute Gasteiger partial charge is 0.326 e. The van der Waals surface area contributed by atoms with Crippen LogP contribution in [-0.2, 0) is 4.79 Å². The van der Waals surface area contributed by atoms with Gasteiger partial charge in [0.05, 0.1) is 0 Å². The monoisotopic (exact) mass is 253 g/mol. The molecule has 1 amide bonds. The number of halogens is 1. The summed E-state index contributed by atoms with van der Waals surface area (Å²) in [5.74, 6) is -1.28. The van der Waals surface area contributed by atoms with Crippen LogP contribution in [0.1, 0.15) is 23.2 Å². The predicted molar refractivity (Wildman–Crippen MR) is 63.1 cm³/mol. The average Bonchev–Trinajstić information content (AvgIpc) is 3.10. The highest BCUT2D eigenvalue weighted by Crippen LogP contribution is 2.32. The van der Waals surface area contributed by atoms with E-state index in [9.17, 15) is 9.59 Å². The Morgan fingerprint density at radius 3 is 2.35 bits per heavy atom. The molecule has 1 aliphatic carbocycles. The van der Waals surface area contributed by atoms with E-state index in [1.807, 2.05) is 0 Å². The zero-order valence-corrected chi connectivity index (χ0v) is 9.78. The minimum Gasteiger partial charge on any atom is -0.480 e. The quantitative estimate of drug-likeness (QED) is 0.862. The molecule has 90 valence electrons. The first-order chi connectivity index (χ1) is 8.08. The molecule has 1 saturated carbocycles. The summed E-state index contributed by atoms with van der Waals surface area (Å²) >= 11 is 5.71. The van der Waals surface area contributed by atoms with Crippen LogP contribution in [0.5, 0.6) is 0 Å². The van der Waals surface area contributed by atoms with Crippen molar-refractivity contribution in [3.63, 3.8) is 0 Å². The van der Waals surface area contributed by atoms with E-state index in [4.69, 9.17) is 16.7 Å². The normalized spacial score (nSPS) is 16.3. The molecule has 1 atom stereocenters. The highest BCUT2D eigenvalue weighted by atomic mass is 35.5. The maximum Gasteiger partial charge on any atom is 0.326 e. The lowest BCUT2D eigenvalue weighted by Crippen LogP contribution is -2.42. The van der Waals surface area contributed by atoms with E-state index < -0.39 is 12.0 Å². The number of nitrogens with one attached hydrogen (secondary N) is 1. The fourth-order valence-corrected chi connectivity index (χ4v) is 1.76. The number of carbonyl (C=O) groups excluding carboxylic acids is 1. The number of carboxylic acids is 1. The zero-order valence-electron chi connectivity index (χ0n) is 9.02. The van der Waals surface area contributed by atoms with Gasteiger partial charge in [0, 0.05) is 10.6 Å². The molecule has 0 aliphatic heterocycles. The zero-order chi connectivity index (χ0) is 12.4. The molecule has 1 aromatic carbocycles. The Hall–Kier alpha value is -1.55. The third-order valence-electron chi connectivity index (χ3n) is 2.75. The van der Waals surface area contributed by atoms with Crippen molar-refractivity contribution in [2.75, 3.05) is 0 Å². The largest absolute Gasteiger partial charge is 0.480 e. The van der Waals surface area contributed by atoms with Crippen LogP contribution in [0.2, 0.25) is 5.02 Å². The second-order valence-electron chi connectivity index (χ2n) is 4.13. The van der Waals surface area contributed by atoms with Gasteiger partial charge in [-0.25, -0.2) is 4.79 Å². The minimum atomic E-state index is -0.977.